The Labute approximate surface area is 172 Å². The topological polar surface area (TPSA) is 111 Å². The number of hydrogen-bond acceptors (Lipinski definition) is 4. The number of piperazine rings is 1. The number of amides is 4. The largest absolute Gasteiger partial charge is 0.508 e. The third kappa shape index (κ3) is 4.19. The molecular formula is C21H21FN4O4. The number of phenols is 1. The summed E-state index contributed by atoms with van der Waals surface area (Å²) in [4.78, 5) is 39.1. The summed E-state index contributed by atoms with van der Waals surface area (Å²) in [6, 6.07) is 9.72. The smallest absolute Gasteiger partial charge is 0.319 e. The van der Waals surface area contributed by atoms with Gasteiger partial charge in [-0.3, -0.25) is 9.59 Å². The summed E-state index contributed by atoms with van der Waals surface area (Å²) in [5.41, 5.74) is 1.12. The summed E-state index contributed by atoms with van der Waals surface area (Å²) < 4.78 is 13.2. The van der Waals surface area contributed by atoms with E-state index < -0.39 is 30.0 Å². The Morgan fingerprint density at radius 3 is 2.70 bits per heavy atom. The monoisotopic (exact) mass is 412 g/mol. The van der Waals surface area contributed by atoms with Crippen LogP contribution in [-0.4, -0.2) is 52.5 Å². The van der Waals surface area contributed by atoms with Gasteiger partial charge in [0.15, 0.2) is 0 Å². The van der Waals surface area contributed by atoms with Gasteiger partial charge in [0.05, 0.1) is 6.04 Å². The Morgan fingerprint density at radius 2 is 1.97 bits per heavy atom. The second-order valence-electron chi connectivity index (χ2n) is 7.48. The van der Waals surface area contributed by atoms with Crippen LogP contribution in [-0.2, 0) is 16.0 Å². The zero-order valence-corrected chi connectivity index (χ0v) is 16.0. The molecule has 4 amide bonds. The molecule has 3 atom stereocenters. The number of carbonyl (C=O) groups is 3. The van der Waals surface area contributed by atoms with Gasteiger partial charge in [-0.25, -0.2) is 9.18 Å². The Kier molecular flexibility index (Phi) is 5.26. The van der Waals surface area contributed by atoms with Crippen LogP contribution in [0, 0.1) is 5.82 Å². The molecule has 2 heterocycles. The fourth-order valence-corrected chi connectivity index (χ4v) is 3.89. The van der Waals surface area contributed by atoms with Crippen molar-refractivity contribution >= 4 is 23.5 Å². The maximum absolute atomic E-state index is 13.2. The van der Waals surface area contributed by atoms with E-state index in [1.54, 1.807) is 18.2 Å². The molecule has 0 aromatic heterocycles. The maximum atomic E-state index is 13.2. The van der Waals surface area contributed by atoms with Crippen LogP contribution in [0.3, 0.4) is 0 Å². The van der Waals surface area contributed by atoms with Gasteiger partial charge >= 0.3 is 6.03 Å². The minimum Gasteiger partial charge on any atom is -0.508 e. The lowest BCUT2D eigenvalue weighted by Gasteiger charge is -2.34. The number of fused-ring (bicyclic) bond motifs is 1. The van der Waals surface area contributed by atoms with Crippen molar-refractivity contribution in [3.05, 3.63) is 59.9 Å². The van der Waals surface area contributed by atoms with Crippen LogP contribution >= 0.6 is 0 Å². The van der Waals surface area contributed by atoms with Crippen LogP contribution < -0.4 is 16.0 Å². The average molecular weight is 412 g/mol. The van der Waals surface area contributed by atoms with Crippen molar-refractivity contribution in [2.24, 2.45) is 0 Å². The first-order valence-electron chi connectivity index (χ1n) is 9.61. The van der Waals surface area contributed by atoms with Gasteiger partial charge < -0.3 is 26.0 Å². The first kappa shape index (κ1) is 19.7. The van der Waals surface area contributed by atoms with Gasteiger partial charge in [0.1, 0.15) is 23.7 Å². The fourth-order valence-electron chi connectivity index (χ4n) is 3.89. The van der Waals surface area contributed by atoms with E-state index in [1.807, 2.05) is 0 Å². The van der Waals surface area contributed by atoms with Crippen molar-refractivity contribution in [3.8, 4) is 5.75 Å². The van der Waals surface area contributed by atoms with Crippen LogP contribution in [0.2, 0.25) is 0 Å². The predicted octanol–water partition coefficient (Wildman–Crippen LogP) is 1.36. The molecule has 0 spiro atoms. The molecule has 9 heteroatoms. The van der Waals surface area contributed by atoms with Crippen molar-refractivity contribution in [2.75, 3.05) is 11.9 Å². The third-order valence-corrected chi connectivity index (χ3v) is 5.30. The van der Waals surface area contributed by atoms with E-state index >= 15 is 0 Å². The van der Waals surface area contributed by atoms with E-state index in [1.165, 1.54) is 35.2 Å². The zero-order chi connectivity index (χ0) is 21.3. The van der Waals surface area contributed by atoms with E-state index in [0.29, 0.717) is 18.5 Å². The Hall–Kier alpha value is -3.62. The highest BCUT2D eigenvalue weighted by molar-refractivity contribution is 5.98. The van der Waals surface area contributed by atoms with Crippen LogP contribution in [0.15, 0.2) is 48.5 Å². The second kappa shape index (κ2) is 8.02. The molecule has 2 aliphatic heterocycles. The molecule has 4 rings (SSSR count). The molecule has 8 nitrogen and oxygen atoms in total. The lowest BCUT2D eigenvalue weighted by Crippen LogP contribution is -2.61. The second-order valence-corrected chi connectivity index (χ2v) is 7.48. The van der Waals surface area contributed by atoms with Crippen molar-refractivity contribution in [1.82, 2.24) is 15.5 Å². The summed E-state index contributed by atoms with van der Waals surface area (Å²) >= 11 is 0. The van der Waals surface area contributed by atoms with Crippen LogP contribution in [0.25, 0.3) is 0 Å². The van der Waals surface area contributed by atoms with Gasteiger partial charge in [-0.05, 0) is 42.3 Å². The van der Waals surface area contributed by atoms with Gasteiger partial charge in [0.25, 0.3) is 0 Å². The number of hydrogen-bond donors (Lipinski definition) is 4. The van der Waals surface area contributed by atoms with Crippen molar-refractivity contribution in [3.63, 3.8) is 0 Å². The minimum atomic E-state index is -0.696. The predicted molar refractivity (Wildman–Crippen MR) is 106 cm³/mol. The van der Waals surface area contributed by atoms with Crippen molar-refractivity contribution < 1.29 is 23.9 Å². The number of nitrogens with one attached hydrogen (secondary N) is 3. The van der Waals surface area contributed by atoms with Gasteiger partial charge in [0.2, 0.25) is 11.8 Å². The Balaban J connectivity index is 1.37. The standard InChI is InChI=1S/C21H21FN4O4/c22-13-2-1-3-14(9-13)23-21(30)24-15-10-18-19(28)25-17(20(29)26(18)11-15)8-12-4-6-16(27)7-5-12/h1-7,9,15,17-18,27H,8,10-11H2,(H,25,28)(H2,23,24,30)/t15-,17+,18-/m0/s1. The third-order valence-electron chi connectivity index (χ3n) is 5.30. The lowest BCUT2D eigenvalue weighted by molar-refractivity contribution is -0.147. The van der Waals surface area contributed by atoms with E-state index in [2.05, 4.69) is 16.0 Å². The van der Waals surface area contributed by atoms with E-state index in [4.69, 9.17) is 0 Å². The van der Waals surface area contributed by atoms with E-state index in [0.717, 1.165) is 5.56 Å². The van der Waals surface area contributed by atoms with E-state index in [-0.39, 0.29) is 24.1 Å². The Bertz CT molecular complexity index is 981. The van der Waals surface area contributed by atoms with Crippen LogP contribution in [0.5, 0.6) is 5.75 Å². The fraction of sp³-hybridized carbons (Fsp3) is 0.286. The lowest BCUT2D eigenvalue weighted by atomic mass is 10.0. The number of benzene rings is 2. The molecule has 0 radical (unpaired) electrons. The number of aromatic hydroxyl groups is 1. The molecule has 30 heavy (non-hydrogen) atoms. The molecule has 2 aromatic rings. The summed E-state index contributed by atoms with van der Waals surface area (Å²) in [6.45, 7) is 0.222. The first-order valence-corrected chi connectivity index (χ1v) is 9.61. The number of halogens is 1. The summed E-state index contributed by atoms with van der Waals surface area (Å²) in [6.07, 6.45) is 0.617. The Morgan fingerprint density at radius 1 is 1.20 bits per heavy atom. The SMILES string of the molecule is O=C(Nc1cccc(F)c1)N[C@H]1C[C@H]2C(=O)N[C@H](Cc3ccc(O)cc3)C(=O)N2C1. The van der Waals surface area contributed by atoms with Crippen molar-refractivity contribution in [1.29, 1.82) is 0 Å². The van der Waals surface area contributed by atoms with Gasteiger partial charge in [-0.2, -0.15) is 0 Å². The molecule has 2 aromatic carbocycles. The highest BCUT2D eigenvalue weighted by atomic mass is 19.1. The summed E-state index contributed by atoms with van der Waals surface area (Å²) in [5, 5.41) is 17.4. The molecule has 4 N–H and O–H groups in total. The maximum Gasteiger partial charge on any atom is 0.319 e. The number of phenolic OH excluding ortho intramolecular Hbond substituents is 1. The number of urea groups is 1. The summed E-state index contributed by atoms with van der Waals surface area (Å²) in [7, 11) is 0. The number of anilines is 1. The molecule has 0 bridgehead atoms. The quantitative estimate of drug-likeness (QED) is 0.608. The number of carbonyl (C=O) groups excluding carboxylic acids is 3. The summed E-state index contributed by atoms with van der Waals surface area (Å²) in [5.74, 6) is -0.800. The average Bonchev–Trinajstić information content (AvgIpc) is 3.12. The normalized spacial score (nSPS) is 23.0. The van der Waals surface area contributed by atoms with Gasteiger partial charge in [0, 0.05) is 18.7 Å². The zero-order valence-electron chi connectivity index (χ0n) is 16.0. The minimum absolute atomic E-state index is 0.128. The molecule has 2 fully saturated rings. The van der Waals surface area contributed by atoms with Crippen LogP contribution in [0.1, 0.15) is 12.0 Å². The molecule has 0 aliphatic carbocycles. The van der Waals surface area contributed by atoms with E-state index in [9.17, 15) is 23.9 Å². The highest BCUT2D eigenvalue weighted by Gasteiger charge is 2.46. The number of rotatable bonds is 4. The molecular weight excluding hydrogens is 391 g/mol. The highest BCUT2D eigenvalue weighted by Crippen LogP contribution is 2.24. The number of nitrogens with zero attached hydrogens (tertiary/aromatic N) is 1. The molecule has 2 aliphatic rings. The van der Waals surface area contributed by atoms with Gasteiger partial charge in [-0.15, -0.1) is 0 Å². The van der Waals surface area contributed by atoms with Crippen LogP contribution in [0.4, 0.5) is 14.9 Å². The molecule has 0 unspecified atom stereocenters. The molecule has 156 valence electrons. The first-order chi connectivity index (χ1) is 14.4. The molecule has 2 saturated heterocycles. The molecule has 0 saturated carbocycles. The van der Waals surface area contributed by atoms with Crippen molar-refractivity contribution in [2.45, 2.75) is 31.0 Å². The van der Waals surface area contributed by atoms with Gasteiger partial charge in [-0.1, -0.05) is 18.2 Å².